The highest BCUT2D eigenvalue weighted by Crippen LogP contribution is 2.47. The van der Waals surface area contributed by atoms with Crippen LogP contribution in [-0.4, -0.2) is 67.0 Å². The average molecular weight is 699 g/mol. The number of anilines is 1. The molecular weight excluding hydrogens is 655 g/mol. The van der Waals surface area contributed by atoms with Crippen molar-refractivity contribution in [1.82, 2.24) is 10.0 Å². The molecule has 2 fully saturated rings. The number of aryl methyl sites for hydroxylation is 1. The number of nitrogens with one attached hydrogen (secondary N) is 2. The van der Waals surface area contributed by atoms with Gasteiger partial charge in [0.1, 0.15) is 21.8 Å². The van der Waals surface area contributed by atoms with Crippen molar-refractivity contribution in [2.45, 2.75) is 75.6 Å². The molecule has 8 atom stereocenters. The van der Waals surface area contributed by atoms with E-state index in [4.69, 9.17) is 21.1 Å². The van der Waals surface area contributed by atoms with Crippen molar-refractivity contribution < 1.29 is 27.7 Å². The predicted octanol–water partition coefficient (Wildman–Crippen LogP) is 6.38. The summed E-state index contributed by atoms with van der Waals surface area (Å²) in [6, 6.07) is 10.0. The van der Waals surface area contributed by atoms with Gasteiger partial charge in [0, 0.05) is 42.6 Å². The number of alkyl halides is 1. The van der Waals surface area contributed by atoms with Crippen LogP contribution in [0.2, 0.25) is 5.02 Å². The van der Waals surface area contributed by atoms with Crippen LogP contribution < -0.4 is 19.7 Å². The number of nitrogens with zero attached hydrogens (tertiary/aromatic N) is 2. The molecule has 2 N–H and O–H groups in total. The van der Waals surface area contributed by atoms with Crippen molar-refractivity contribution in [2.75, 3.05) is 37.5 Å². The van der Waals surface area contributed by atoms with E-state index in [0.29, 0.717) is 37.2 Å². The van der Waals surface area contributed by atoms with Crippen molar-refractivity contribution >= 4 is 39.1 Å². The quantitative estimate of drug-likeness (QED) is 0.360. The number of rotatable bonds is 3. The summed E-state index contributed by atoms with van der Waals surface area (Å²) in [4.78, 5) is 28.9. The van der Waals surface area contributed by atoms with E-state index in [1.807, 2.05) is 19.1 Å². The van der Waals surface area contributed by atoms with Crippen molar-refractivity contribution in [2.24, 2.45) is 22.1 Å². The van der Waals surface area contributed by atoms with Gasteiger partial charge in [0.25, 0.3) is 5.91 Å². The van der Waals surface area contributed by atoms with Crippen LogP contribution in [0.3, 0.4) is 0 Å². The van der Waals surface area contributed by atoms with E-state index in [1.165, 1.54) is 11.1 Å². The first-order valence-electron chi connectivity index (χ1n) is 17.1. The molecule has 1 unspecified atom stereocenters. The molecule has 2 aromatic carbocycles. The lowest BCUT2D eigenvalue weighted by atomic mass is 9.68. The van der Waals surface area contributed by atoms with E-state index in [1.54, 1.807) is 25.3 Å². The summed E-state index contributed by atoms with van der Waals surface area (Å²) in [6.07, 6.45) is 8.79. The van der Waals surface area contributed by atoms with Crippen LogP contribution in [0.5, 0.6) is 5.75 Å². The van der Waals surface area contributed by atoms with Gasteiger partial charge in [0.15, 0.2) is 0 Å². The highest BCUT2D eigenvalue weighted by atomic mass is 35.5. The summed E-state index contributed by atoms with van der Waals surface area (Å²) in [5.41, 5.74) is 3.30. The Labute approximate surface area is 287 Å². The number of carbonyl (C=O) groups excluding carboxylic acids is 2. The number of hydrogen-bond donors (Lipinski definition) is 2. The SMILES string of the molecule is CO[C@H]1/C=C\C[C@H](C)CS(=O)(NC(=O)N[C@H]2C[C@H]2F)=NC(=O)c2ccc3c(c2)N(C[C@@H]2CC[C@H]21)C[C@@]1(CCCc2cc(Cl)ccc21)CO3. The maximum atomic E-state index is 14.2. The smallest absolute Gasteiger partial charge is 0.327 e. The molecule has 3 aliphatic carbocycles. The minimum absolute atomic E-state index is 0.0456. The molecule has 2 aliphatic heterocycles. The number of urea groups is 1. The topological polar surface area (TPSA) is 109 Å². The molecule has 12 heteroatoms. The molecule has 5 aliphatic rings. The third-order valence-electron chi connectivity index (χ3n) is 10.8. The first-order chi connectivity index (χ1) is 23.0. The zero-order chi connectivity index (χ0) is 33.6. The number of methoxy groups -OCH3 is 1. The normalized spacial score (nSPS) is 35.1. The lowest BCUT2D eigenvalue weighted by Gasteiger charge is -2.46. The zero-order valence-corrected chi connectivity index (χ0v) is 29.0. The third kappa shape index (κ3) is 6.83. The van der Waals surface area contributed by atoms with Gasteiger partial charge in [-0.1, -0.05) is 36.7 Å². The predicted molar refractivity (Wildman–Crippen MR) is 185 cm³/mol. The monoisotopic (exact) mass is 698 g/mol. The second-order valence-corrected chi connectivity index (χ2v) is 16.8. The number of ether oxygens (including phenoxy) is 2. The lowest BCUT2D eigenvalue weighted by molar-refractivity contribution is 0.0131. The van der Waals surface area contributed by atoms with Gasteiger partial charge in [0.05, 0.1) is 30.2 Å². The Morgan fingerprint density at radius 1 is 1.23 bits per heavy atom. The molecule has 2 bridgehead atoms. The fraction of sp³-hybridized carbons (Fsp3) is 0.556. The van der Waals surface area contributed by atoms with Gasteiger partial charge in [-0.2, -0.15) is 0 Å². The van der Waals surface area contributed by atoms with E-state index in [2.05, 4.69) is 37.5 Å². The van der Waals surface area contributed by atoms with Crippen LogP contribution in [0.15, 0.2) is 52.9 Å². The Morgan fingerprint density at radius 2 is 2.06 bits per heavy atom. The molecule has 9 nitrogen and oxygen atoms in total. The molecule has 7 rings (SSSR count). The molecule has 0 aromatic heterocycles. The molecule has 0 saturated heterocycles. The number of amides is 3. The summed E-state index contributed by atoms with van der Waals surface area (Å²) in [7, 11) is -1.81. The summed E-state index contributed by atoms with van der Waals surface area (Å²) < 4.78 is 46.9. The summed E-state index contributed by atoms with van der Waals surface area (Å²) >= 11 is 6.43. The molecule has 2 aromatic rings. The third-order valence-corrected chi connectivity index (χ3v) is 13.0. The fourth-order valence-electron chi connectivity index (χ4n) is 8.02. The van der Waals surface area contributed by atoms with Gasteiger partial charge in [-0.05, 0) is 97.7 Å². The Bertz CT molecular complexity index is 1750. The Morgan fingerprint density at radius 3 is 2.81 bits per heavy atom. The van der Waals surface area contributed by atoms with E-state index in [-0.39, 0.29) is 35.2 Å². The highest BCUT2D eigenvalue weighted by Gasteiger charge is 2.44. The molecule has 48 heavy (non-hydrogen) atoms. The maximum Gasteiger partial charge on any atom is 0.327 e. The van der Waals surface area contributed by atoms with Crippen molar-refractivity contribution in [3.05, 3.63) is 70.3 Å². The van der Waals surface area contributed by atoms with Crippen LogP contribution in [0.4, 0.5) is 14.9 Å². The van der Waals surface area contributed by atoms with Gasteiger partial charge >= 0.3 is 6.03 Å². The lowest BCUT2D eigenvalue weighted by Crippen LogP contribution is -2.49. The maximum absolute atomic E-state index is 14.2. The van der Waals surface area contributed by atoms with Crippen LogP contribution in [0.1, 0.15) is 66.9 Å². The van der Waals surface area contributed by atoms with Crippen LogP contribution in [0.25, 0.3) is 0 Å². The zero-order valence-electron chi connectivity index (χ0n) is 27.5. The molecule has 3 amide bonds. The molecule has 0 radical (unpaired) electrons. The number of carbonyl (C=O) groups is 2. The minimum Gasteiger partial charge on any atom is -0.490 e. The largest absolute Gasteiger partial charge is 0.490 e. The van der Waals surface area contributed by atoms with E-state index in [9.17, 15) is 18.2 Å². The Hall–Kier alpha value is -3.15. The van der Waals surface area contributed by atoms with E-state index < -0.39 is 34.1 Å². The van der Waals surface area contributed by atoms with Gasteiger partial charge < -0.3 is 19.7 Å². The summed E-state index contributed by atoms with van der Waals surface area (Å²) in [6.45, 7) is 3.86. The first-order valence-corrected chi connectivity index (χ1v) is 19.1. The number of benzene rings is 2. The molecule has 2 saturated carbocycles. The molecule has 2 heterocycles. The highest BCUT2D eigenvalue weighted by molar-refractivity contribution is 7.92. The van der Waals surface area contributed by atoms with Gasteiger partial charge in [0.2, 0.25) is 0 Å². The Balaban J connectivity index is 1.28. The van der Waals surface area contributed by atoms with Gasteiger partial charge in [-0.15, -0.1) is 4.36 Å². The Kier molecular flexibility index (Phi) is 9.23. The minimum atomic E-state index is -3.56. The van der Waals surface area contributed by atoms with Crippen LogP contribution >= 0.6 is 11.6 Å². The summed E-state index contributed by atoms with van der Waals surface area (Å²) in [5, 5.41) is 3.23. The first kappa shape index (κ1) is 33.4. The fourth-order valence-corrected chi connectivity index (χ4v) is 10.1. The molecule has 258 valence electrons. The van der Waals surface area contributed by atoms with E-state index >= 15 is 0 Å². The van der Waals surface area contributed by atoms with Gasteiger partial charge in [-0.3, -0.25) is 9.52 Å². The van der Waals surface area contributed by atoms with Gasteiger partial charge in [-0.25, -0.2) is 13.4 Å². The number of allylic oxidation sites excluding steroid dienone is 1. The second kappa shape index (κ2) is 13.3. The van der Waals surface area contributed by atoms with Crippen LogP contribution in [0, 0.1) is 17.8 Å². The number of fused-ring (bicyclic) bond motifs is 4. The average Bonchev–Trinajstić information content (AvgIpc) is 3.75. The van der Waals surface area contributed by atoms with E-state index in [0.717, 1.165) is 49.4 Å². The number of hydrogen-bond acceptors (Lipinski definition) is 6. The van der Waals surface area contributed by atoms with Crippen molar-refractivity contribution in [3.63, 3.8) is 0 Å². The molecule has 1 spiro atoms. The van der Waals surface area contributed by atoms with Crippen molar-refractivity contribution in [1.29, 1.82) is 0 Å². The molecular formula is C36H44ClFN4O5S. The standard InChI is InChI=1S/C36H44ClFN4O5S/c1-22-5-3-7-32(46-2)27-11-8-25(27)18-42-20-36(14-4-6-23-15-26(37)10-12-28(23)36)21-47-33-13-9-24(16-31(33)42)34(43)40-48(45,19-22)41-35(44)39-30-17-29(30)38/h3,7,9-10,12-13,15-16,22,25,27,29-30,32H,4-6,8,11,14,17-21H2,1-2H3,(H2,39,40,41,43,44,45)/b7-3-/t22-,25-,27+,29+,30-,32-,36-,48?/m0/s1. The van der Waals surface area contributed by atoms with Crippen molar-refractivity contribution in [3.8, 4) is 5.75 Å². The number of halogens is 2. The second-order valence-electron chi connectivity index (χ2n) is 14.4. The van der Waals surface area contributed by atoms with Crippen LogP contribution in [-0.2, 0) is 26.5 Å². The summed E-state index contributed by atoms with van der Waals surface area (Å²) in [5.74, 6) is 0.472.